The van der Waals surface area contributed by atoms with Gasteiger partial charge in [0.05, 0.1) is 0 Å². The molecule has 0 saturated heterocycles. The van der Waals surface area contributed by atoms with Crippen LogP contribution in [0.4, 0.5) is 0 Å². The summed E-state index contributed by atoms with van der Waals surface area (Å²) in [5, 5.41) is 3.59. The molecule has 114 valence electrons. The van der Waals surface area contributed by atoms with Crippen molar-refractivity contribution in [3.63, 3.8) is 0 Å². The number of benzene rings is 1. The standard InChI is InChI=1S/C18H31NO/c1-5-20-10-9-18(14-19-13-15(2)3)12-17-8-6-7-16(4)11-17/h6-8,11,15,18-19H,5,9-10,12-14H2,1-4H3. The van der Waals surface area contributed by atoms with Crippen LogP contribution < -0.4 is 5.32 Å². The Morgan fingerprint density at radius 3 is 2.65 bits per heavy atom. The second-order valence-electron chi connectivity index (χ2n) is 6.10. The van der Waals surface area contributed by atoms with E-state index in [0.29, 0.717) is 11.8 Å². The number of hydrogen-bond acceptors (Lipinski definition) is 2. The van der Waals surface area contributed by atoms with Crippen LogP contribution in [0, 0.1) is 18.8 Å². The highest BCUT2D eigenvalue weighted by atomic mass is 16.5. The van der Waals surface area contributed by atoms with Crippen LogP contribution in [0.3, 0.4) is 0 Å². The van der Waals surface area contributed by atoms with Gasteiger partial charge >= 0.3 is 0 Å². The van der Waals surface area contributed by atoms with Crippen molar-refractivity contribution >= 4 is 0 Å². The molecule has 20 heavy (non-hydrogen) atoms. The molecule has 1 aromatic rings. The van der Waals surface area contributed by atoms with Crippen molar-refractivity contribution in [3.8, 4) is 0 Å². The molecule has 0 amide bonds. The first-order valence-corrected chi connectivity index (χ1v) is 7.95. The maximum absolute atomic E-state index is 5.53. The average molecular weight is 277 g/mol. The first-order valence-electron chi connectivity index (χ1n) is 7.95. The summed E-state index contributed by atoms with van der Waals surface area (Å²) in [5.74, 6) is 1.36. The Morgan fingerprint density at radius 1 is 1.20 bits per heavy atom. The predicted molar refractivity (Wildman–Crippen MR) is 87.2 cm³/mol. The zero-order valence-electron chi connectivity index (χ0n) is 13.6. The van der Waals surface area contributed by atoms with Gasteiger partial charge in [0, 0.05) is 13.2 Å². The summed E-state index contributed by atoms with van der Waals surface area (Å²) in [7, 11) is 0. The van der Waals surface area contributed by atoms with E-state index in [0.717, 1.165) is 39.1 Å². The maximum Gasteiger partial charge on any atom is 0.0469 e. The van der Waals surface area contributed by atoms with Gasteiger partial charge in [-0.25, -0.2) is 0 Å². The highest BCUT2D eigenvalue weighted by Gasteiger charge is 2.10. The van der Waals surface area contributed by atoms with E-state index in [1.807, 2.05) is 0 Å². The minimum Gasteiger partial charge on any atom is -0.382 e. The van der Waals surface area contributed by atoms with E-state index in [1.165, 1.54) is 11.1 Å². The molecule has 1 aromatic carbocycles. The van der Waals surface area contributed by atoms with Crippen molar-refractivity contribution in [2.45, 2.75) is 40.5 Å². The molecule has 0 bridgehead atoms. The summed E-state index contributed by atoms with van der Waals surface area (Å²) in [5.41, 5.74) is 2.79. The Labute approximate surface area is 124 Å². The van der Waals surface area contributed by atoms with Gasteiger partial charge in [-0.3, -0.25) is 0 Å². The fourth-order valence-corrected chi connectivity index (χ4v) is 2.42. The van der Waals surface area contributed by atoms with E-state index >= 15 is 0 Å². The van der Waals surface area contributed by atoms with E-state index in [-0.39, 0.29) is 0 Å². The van der Waals surface area contributed by atoms with Crippen LogP contribution in [0.25, 0.3) is 0 Å². The van der Waals surface area contributed by atoms with Gasteiger partial charge in [-0.2, -0.15) is 0 Å². The van der Waals surface area contributed by atoms with Crippen molar-refractivity contribution in [2.75, 3.05) is 26.3 Å². The number of nitrogens with one attached hydrogen (secondary N) is 1. The molecule has 1 rings (SSSR count). The molecule has 0 spiro atoms. The number of hydrogen-bond donors (Lipinski definition) is 1. The lowest BCUT2D eigenvalue weighted by molar-refractivity contribution is 0.131. The normalized spacial score (nSPS) is 12.8. The van der Waals surface area contributed by atoms with Gasteiger partial charge in [-0.15, -0.1) is 0 Å². The van der Waals surface area contributed by atoms with Crippen LogP contribution in [0.2, 0.25) is 0 Å². The summed E-state index contributed by atoms with van der Waals surface area (Å²) >= 11 is 0. The third-order valence-electron chi connectivity index (χ3n) is 3.47. The molecule has 0 aliphatic rings. The van der Waals surface area contributed by atoms with Crippen molar-refractivity contribution in [2.24, 2.45) is 11.8 Å². The highest BCUT2D eigenvalue weighted by molar-refractivity contribution is 5.22. The molecule has 1 unspecified atom stereocenters. The maximum atomic E-state index is 5.53. The molecule has 0 aliphatic carbocycles. The fraction of sp³-hybridized carbons (Fsp3) is 0.667. The van der Waals surface area contributed by atoms with Gasteiger partial charge in [0.15, 0.2) is 0 Å². The molecule has 2 heteroatoms. The summed E-state index contributed by atoms with van der Waals surface area (Å²) < 4.78 is 5.53. The second-order valence-corrected chi connectivity index (χ2v) is 6.10. The smallest absolute Gasteiger partial charge is 0.0469 e. The summed E-state index contributed by atoms with van der Waals surface area (Å²) in [6.45, 7) is 12.6. The van der Waals surface area contributed by atoms with Gasteiger partial charge < -0.3 is 10.1 Å². The lowest BCUT2D eigenvalue weighted by Gasteiger charge is -2.19. The highest BCUT2D eigenvalue weighted by Crippen LogP contribution is 2.14. The molecule has 0 saturated carbocycles. The predicted octanol–water partition coefficient (Wildman–Crippen LogP) is 3.83. The van der Waals surface area contributed by atoms with Crippen molar-refractivity contribution in [1.82, 2.24) is 5.32 Å². The van der Waals surface area contributed by atoms with Crippen LogP contribution in [0.1, 0.15) is 38.3 Å². The van der Waals surface area contributed by atoms with E-state index in [9.17, 15) is 0 Å². The van der Waals surface area contributed by atoms with Gasteiger partial charge in [0.1, 0.15) is 0 Å². The van der Waals surface area contributed by atoms with Crippen LogP contribution >= 0.6 is 0 Å². The number of rotatable bonds is 10. The molecule has 1 atom stereocenters. The Bertz CT molecular complexity index is 362. The van der Waals surface area contributed by atoms with E-state index in [1.54, 1.807) is 0 Å². The molecule has 0 aliphatic heterocycles. The third kappa shape index (κ3) is 7.66. The van der Waals surface area contributed by atoms with E-state index in [2.05, 4.69) is 57.3 Å². The van der Waals surface area contributed by atoms with Crippen LogP contribution in [-0.4, -0.2) is 26.3 Å². The average Bonchev–Trinajstić information content (AvgIpc) is 2.38. The number of aryl methyl sites for hydroxylation is 1. The molecular weight excluding hydrogens is 246 g/mol. The first kappa shape index (κ1) is 17.2. The fourth-order valence-electron chi connectivity index (χ4n) is 2.42. The lowest BCUT2D eigenvalue weighted by atomic mass is 9.95. The lowest BCUT2D eigenvalue weighted by Crippen LogP contribution is -2.28. The van der Waals surface area contributed by atoms with Gasteiger partial charge in [-0.05, 0) is 57.2 Å². The monoisotopic (exact) mass is 277 g/mol. The summed E-state index contributed by atoms with van der Waals surface area (Å²) in [6, 6.07) is 8.86. The van der Waals surface area contributed by atoms with Crippen LogP contribution in [0.5, 0.6) is 0 Å². The number of ether oxygens (including phenoxy) is 1. The zero-order chi connectivity index (χ0) is 14.8. The third-order valence-corrected chi connectivity index (χ3v) is 3.47. The SMILES string of the molecule is CCOCCC(CNCC(C)C)Cc1cccc(C)c1. The quantitative estimate of drug-likeness (QED) is 0.656. The summed E-state index contributed by atoms with van der Waals surface area (Å²) in [6.07, 6.45) is 2.27. The van der Waals surface area contributed by atoms with Crippen molar-refractivity contribution in [3.05, 3.63) is 35.4 Å². The van der Waals surface area contributed by atoms with Crippen molar-refractivity contribution < 1.29 is 4.74 Å². The molecule has 0 radical (unpaired) electrons. The van der Waals surface area contributed by atoms with Gasteiger partial charge in [0.25, 0.3) is 0 Å². The Morgan fingerprint density at radius 2 is 2.00 bits per heavy atom. The van der Waals surface area contributed by atoms with E-state index < -0.39 is 0 Å². The van der Waals surface area contributed by atoms with Gasteiger partial charge in [-0.1, -0.05) is 43.7 Å². The molecule has 0 heterocycles. The largest absolute Gasteiger partial charge is 0.382 e. The minimum atomic E-state index is 0.655. The first-order chi connectivity index (χ1) is 9.61. The van der Waals surface area contributed by atoms with E-state index in [4.69, 9.17) is 4.74 Å². The Kier molecular flexibility index (Phi) is 8.56. The van der Waals surface area contributed by atoms with Crippen molar-refractivity contribution in [1.29, 1.82) is 0 Å². The Hall–Kier alpha value is -0.860. The van der Waals surface area contributed by atoms with Crippen LogP contribution in [-0.2, 0) is 11.2 Å². The molecule has 2 nitrogen and oxygen atoms in total. The minimum absolute atomic E-state index is 0.655. The molecule has 0 fully saturated rings. The molecule has 1 N–H and O–H groups in total. The van der Waals surface area contributed by atoms with Crippen LogP contribution in [0.15, 0.2) is 24.3 Å². The van der Waals surface area contributed by atoms with Gasteiger partial charge in [0.2, 0.25) is 0 Å². The molecular formula is C18H31NO. The topological polar surface area (TPSA) is 21.3 Å². The zero-order valence-corrected chi connectivity index (χ0v) is 13.6. The summed E-state index contributed by atoms with van der Waals surface area (Å²) in [4.78, 5) is 0. The Balaban J connectivity index is 2.47. The molecule has 0 aromatic heterocycles. The second kappa shape index (κ2) is 9.95.